The SMILES string of the molecule is O=C(Cc1cc(C(=O)NCc2ccccc2)ccn1)c1ccccc1. The van der Waals surface area contributed by atoms with E-state index in [9.17, 15) is 9.59 Å². The first-order valence-electron chi connectivity index (χ1n) is 8.07. The molecule has 1 aromatic heterocycles. The number of hydrogen-bond donors (Lipinski definition) is 1. The number of nitrogens with zero attached hydrogens (tertiary/aromatic N) is 1. The molecule has 0 saturated carbocycles. The first-order chi connectivity index (χ1) is 12.2. The van der Waals surface area contributed by atoms with E-state index >= 15 is 0 Å². The van der Waals surface area contributed by atoms with Crippen molar-refractivity contribution in [3.8, 4) is 0 Å². The molecule has 0 saturated heterocycles. The van der Waals surface area contributed by atoms with Crippen molar-refractivity contribution in [1.29, 1.82) is 0 Å². The molecule has 0 bridgehead atoms. The number of benzene rings is 2. The van der Waals surface area contributed by atoms with Crippen LogP contribution in [0.1, 0.15) is 32.0 Å². The molecule has 0 unspecified atom stereocenters. The highest BCUT2D eigenvalue weighted by Crippen LogP contribution is 2.08. The lowest BCUT2D eigenvalue weighted by atomic mass is 10.1. The molecule has 1 amide bonds. The van der Waals surface area contributed by atoms with E-state index in [1.807, 2.05) is 48.5 Å². The number of aromatic nitrogens is 1. The molecule has 4 nitrogen and oxygen atoms in total. The lowest BCUT2D eigenvalue weighted by Gasteiger charge is -2.07. The van der Waals surface area contributed by atoms with Gasteiger partial charge in [-0.25, -0.2) is 0 Å². The molecule has 3 rings (SSSR count). The predicted molar refractivity (Wildman–Crippen MR) is 96.3 cm³/mol. The summed E-state index contributed by atoms with van der Waals surface area (Å²) in [5.41, 5.74) is 2.76. The second kappa shape index (κ2) is 8.02. The number of nitrogens with one attached hydrogen (secondary N) is 1. The Bertz CT molecular complexity index is 861. The number of carbonyl (C=O) groups excluding carboxylic acids is 2. The smallest absolute Gasteiger partial charge is 0.251 e. The molecule has 0 fully saturated rings. The average molecular weight is 330 g/mol. The Balaban J connectivity index is 1.64. The molecule has 124 valence electrons. The summed E-state index contributed by atoms with van der Waals surface area (Å²) in [5, 5.41) is 2.88. The first-order valence-corrected chi connectivity index (χ1v) is 8.07. The zero-order chi connectivity index (χ0) is 17.5. The van der Waals surface area contributed by atoms with Gasteiger partial charge >= 0.3 is 0 Å². The van der Waals surface area contributed by atoms with Gasteiger partial charge in [0, 0.05) is 29.6 Å². The number of carbonyl (C=O) groups is 2. The summed E-state index contributed by atoms with van der Waals surface area (Å²) in [6.07, 6.45) is 1.73. The Morgan fingerprint density at radius 1 is 0.840 bits per heavy atom. The van der Waals surface area contributed by atoms with Crippen molar-refractivity contribution in [2.75, 3.05) is 0 Å². The van der Waals surface area contributed by atoms with Crippen molar-refractivity contribution in [2.24, 2.45) is 0 Å². The topological polar surface area (TPSA) is 59.1 Å². The fourth-order valence-electron chi connectivity index (χ4n) is 2.49. The van der Waals surface area contributed by atoms with Crippen molar-refractivity contribution in [2.45, 2.75) is 13.0 Å². The molecule has 1 N–H and O–H groups in total. The molecule has 4 heteroatoms. The Kier molecular flexibility index (Phi) is 5.32. The van der Waals surface area contributed by atoms with Crippen LogP contribution in [0.2, 0.25) is 0 Å². The zero-order valence-electron chi connectivity index (χ0n) is 13.7. The van der Waals surface area contributed by atoms with Gasteiger partial charge in [-0.2, -0.15) is 0 Å². The molecule has 1 heterocycles. The third kappa shape index (κ3) is 4.61. The molecule has 0 radical (unpaired) electrons. The number of rotatable bonds is 6. The molecule has 0 aliphatic rings. The van der Waals surface area contributed by atoms with Gasteiger partial charge in [0.2, 0.25) is 0 Å². The highest BCUT2D eigenvalue weighted by atomic mass is 16.1. The van der Waals surface area contributed by atoms with Gasteiger partial charge in [-0.15, -0.1) is 0 Å². The molecule has 0 atom stereocenters. The number of Topliss-reactive ketones (excluding diaryl/α,β-unsaturated/α-hetero) is 1. The summed E-state index contributed by atoms with van der Waals surface area (Å²) < 4.78 is 0. The highest BCUT2D eigenvalue weighted by molar-refractivity contribution is 5.98. The number of ketones is 1. The van der Waals surface area contributed by atoms with E-state index in [1.54, 1.807) is 30.5 Å². The van der Waals surface area contributed by atoms with E-state index < -0.39 is 0 Å². The predicted octanol–water partition coefficient (Wildman–Crippen LogP) is 3.44. The Morgan fingerprint density at radius 3 is 2.24 bits per heavy atom. The molecule has 25 heavy (non-hydrogen) atoms. The van der Waals surface area contributed by atoms with Gasteiger partial charge in [0.05, 0.1) is 6.42 Å². The van der Waals surface area contributed by atoms with Crippen LogP contribution in [0, 0.1) is 0 Å². The summed E-state index contributed by atoms with van der Waals surface area (Å²) in [6, 6.07) is 22.1. The Hall–Kier alpha value is -3.27. The van der Waals surface area contributed by atoms with Crippen molar-refractivity contribution >= 4 is 11.7 Å². The summed E-state index contributed by atoms with van der Waals surface area (Å²) >= 11 is 0. The highest BCUT2D eigenvalue weighted by Gasteiger charge is 2.11. The van der Waals surface area contributed by atoms with Crippen LogP contribution in [0.3, 0.4) is 0 Å². The van der Waals surface area contributed by atoms with Crippen LogP contribution in [-0.2, 0) is 13.0 Å². The van der Waals surface area contributed by atoms with E-state index in [0.717, 1.165) is 5.56 Å². The standard InChI is InChI=1S/C21H18N2O2/c24-20(17-9-5-2-6-10-17)14-19-13-18(11-12-22-19)21(25)23-15-16-7-3-1-4-8-16/h1-13H,14-15H2,(H,23,25). The zero-order valence-corrected chi connectivity index (χ0v) is 13.7. The van der Waals surface area contributed by atoms with Crippen molar-refractivity contribution in [3.63, 3.8) is 0 Å². The van der Waals surface area contributed by atoms with Crippen LogP contribution in [0.4, 0.5) is 0 Å². The van der Waals surface area contributed by atoms with Crippen LogP contribution in [0.25, 0.3) is 0 Å². The monoisotopic (exact) mass is 330 g/mol. The molecule has 0 aliphatic carbocycles. The van der Waals surface area contributed by atoms with Crippen LogP contribution in [0.15, 0.2) is 79.0 Å². The van der Waals surface area contributed by atoms with E-state index in [1.165, 1.54) is 0 Å². The Morgan fingerprint density at radius 2 is 1.52 bits per heavy atom. The minimum Gasteiger partial charge on any atom is -0.348 e. The third-order valence-electron chi connectivity index (χ3n) is 3.81. The van der Waals surface area contributed by atoms with E-state index in [2.05, 4.69) is 10.3 Å². The van der Waals surface area contributed by atoms with Gasteiger partial charge in [0.15, 0.2) is 5.78 Å². The number of amides is 1. The summed E-state index contributed by atoms with van der Waals surface area (Å²) in [4.78, 5) is 28.8. The van der Waals surface area contributed by atoms with Gasteiger partial charge in [-0.3, -0.25) is 14.6 Å². The van der Waals surface area contributed by atoms with Crippen molar-refractivity contribution in [1.82, 2.24) is 10.3 Å². The van der Waals surface area contributed by atoms with Gasteiger partial charge in [-0.1, -0.05) is 60.7 Å². The number of pyridine rings is 1. The average Bonchev–Trinajstić information content (AvgIpc) is 2.68. The largest absolute Gasteiger partial charge is 0.348 e. The van der Waals surface area contributed by atoms with E-state index in [4.69, 9.17) is 0 Å². The molecular weight excluding hydrogens is 312 g/mol. The lowest BCUT2D eigenvalue weighted by molar-refractivity contribution is 0.0947. The second-order valence-corrected chi connectivity index (χ2v) is 5.67. The van der Waals surface area contributed by atoms with Gasteiger partial charge in [0.1, 0.15) is 0 Å². The van der Waals surface area contributed by atoms with E-state index in [0.29, 0.717) is 23.4 Å². The quantitative estimate of drug-likeness (QED) is 0.704. The first kappa shape index (κ1) is 16.6. The van der Waals surface area contributed by atoms with Crippen LogP contribution in [0.5, 0.6) is 0 Å². The Labute approximate surface area is 146 Å². The maximum absolute atomic E-state index is 12.3. The van der Waals surface area contributed by atoms with Crippen LogP contribution < -0.4 is 5.32 Å². The molecule has 0 spiro atoms. The molecule has 3 aromatic rings. The second-order valence-electron chi connectivity index (χ2n) is 5.67. The summed E-state index contributed by atoms with van der Waals surface area (Å²) in [5.74, 6) is -0.199. The van der Waals surface area contributed by atoms with Gasteiger partial charge in [0.25, 0.3) is 5.91 Å². The maximum Gasteiger partial charge on any atom is 0.251 e. The minimum absolute atomic E-state index is 0.0186. The fraction of sp³-hybridized carbons (Fsp3) is 0.0952. The molecule has 2 aromatic carbocycles. The van der Waals surface area contributed by atoms with Gasteiger partial charge < -0.3 is 5.32 Å². The van der Waals surface area contributed by atoms with Gasteiger partial charge in [-0.05, 0) is 17.7 Å². The lowest BCUT2D eigenvalue weighted by Crippen LogP contribution is -2.23. The summed E-state index contributed by atoms with van der Waals surface area (Å²) in [7, 11) is 0. The fourth-order valence-corrected chi connectivity index (χ4v) is 2.49. The van der Waals surface area contributed by atoms with Crippen molar-refractivity contribution in [3.05, 3.63) is 101 Å². The summed E-state index contributed by atoms with van der Waals surface area (Å²) in [6.45, 7) is 0.459. The van der Waals surface area contributed by atoms with Crippen LogP contribution in [-0.4, -0.2) is 16.7 Å². The third-order valence-corrected chi connectivity index (χ3v) is 3.81. The van der Waals surface area contributed by atoms with E-state index in [-0.39, 0.29) is 18.1 Å². The number of hydrogen-bond acceptors (Lipinski definition) is 3. The maximum atomic E-state index is 12.3. The minimum atomic E-state index is -0.181. The van der Waals surface area contributed by atoms with Crippen LogP contribution >= 0.6 is 0 Å². The normalized spacial score (nSPS) is 10.2. The van der Waals surface area contributed by atoms with Crippen molar-refractivity contribution < 1.29 is 9.59 Å². The molecular formula is C21H18N2O2. The molecule has 0 aliphatic heterocycles.